The van der Waals surface area contributed by atoms with Gasteiger partial charge in [-0.25, -0.2) is 4.68 Å². The van der Waals surface area contributed by atoms with E-state index in [2.05, 4.69) is 34.6 Å². The van der Waals surface area contributed by atoms with Crippen molar-refractivity contribution in [1.82, 2.24) is 15.1 Å². The van der Waals surface area contributed by atoms with Crippen molar-refractivity contribution < 1.29 is 9.59 Å². The summed E-state index contributed by atoms with van der Waals surface area (Å²) in [5.74, 6) is 0.820. The molecule has 1 aliphatic rings. The molecule has 4 rings (SSSR count). The smallest absolute Gasteiger partial charge is 0.223 e. The number of anilines is 2. The first-order valence-corrected chi connectivity index (χ1v) is 11.4. The highest BCUT2D eigenvalue weighted by Crippen LogP contribution is 2.34. The number of hydrogen-bond donors (Lipinski definition) is 2. The summed E-state index contributed by atoms with van der Waals surface area (Å²) in [5.41, 5.74) is 4.74. The third-order valence-corrected chi connectivity index (χ3v) is 6.05. The van der Waals surface area contributed by atoms with Crippen molar-refractivity contribution >= 4 is 23.3 Å². The molecule has 0 radical (unpaired) electrons. The van der Waals surface area contributed by atoms with E-state index in [0.717, 1.165) is 41.3 Å². The van der Waals surface area contributed by atoms with Gasteiger partial charge in [0.2, 0.25) is 11.8 Å². The number of nitrogens with one attached hydrogen (secondary N) is 2. The second-order valence-corrected chi connectivity index (χ2v) is 8.68. The molecular formula is C26H31N5O2. The van der Waals surface area contributed by atoms with Gasteiger partial charge in [-0.1, -0.05) is 48.0 Å². The van der Waals surface area contributed by atoms with Crippen LogP contribution in [0.5, 0.6) is 0 Å². The van der Waals surface area contributed by atoms with Gasteiger partial charge in [-0.3, -0.25) is 9.59 Å². The van der Waals surface area contributed by atoms with Gasteiger partial charge in [0.1, 0.15) is 5.69 Å². The molecule has 1 aliphatic heterocycles. The van der Waals surface area contributed by atoms with Crippen molar-refractivity contribution in [3.63, 3.8) is 0 Å². The monoisotopic (exact) mass is 445 g/mol. The predicted molar refractivity (Wildman–Crippen MR) is 131 cm³/mol. The minimum atomic E-state index is -0.127. The number of piperidine rings is 1. The Morgan fingerprint density at radius 2 is 1.76 bits per heavy atom. The van der Waals surface area contributed by atoms with Gasteiger partial charge in [0.25, 0.3) is 0 Å². The highest BCUT2D eigenvalue weighted by molar-refractivity contribution is 5.93. The first kappa shape index (κ1) is 22.6. The third-order valence-electron chi connectivity index (χ3n) is 6.05. The molecule has 2 N–H and O–H groups in total. The van der Waals surface area contributed by atoms with Gasteiger partial charge in [0.15, 0.2) is 5.82 Å². The van der Waals surface area contributed by atoms with Gasteiger partial charge < -0.3 is 15.5 Å². The van der Waals surface area contributed by atoms with Gasteiger partial charge in [0, 0.05) is 32.5 Å². The second kappa shape index (κ2) is 9.90. The lowest BCUT2D eigenvalue weighted by molar-refractivity contribution is -0.125. The summed E-state index contributed by atoms with van der Waals surface area (Å²) in [6.45, 7) is 7.44. The van der Waals surface area contributed by atoms with Crippen LogP contribution < -0.4 is 15.5 Å². The lowest BCUT2D eigenvalue weighted by atomic mass is 9.95. The summed E-state index contributed by atoms with van der Waals surface area (Å²) in [7, 11) is 0. The summed E-state index contributed by atoms with van der Waals surface area (Å²) in [4.78, 5) is 26.9. The zero-order valence-corrected chi connectivity index (χ0v) is 19.5. The SMILES string of the molecule is CC(=O)Nc1c(C)nn(-c2ccccc2)c1N1CCC(C(=O)NCc2cccc(C)c2)CC1. The van der Waals surface area contributed by atoms with E-state index in [4.69, 9.17) is 5.10 Å². The Bertz CT molecular complexity index is 1130. The number of rotatable bonds is 6. The molecule has 2 amide bonds. The molecule has 7 heteroatoms. The topological polar surface area (TPSA) is 79.3 Å². The van der Waals surface area contributed by atoms with Gasteiger partial charge >= 0.3 is 0 Å². The van der Waals surface area contributed by atoms with E-state index in [1.54, 1.807) is 0 Å². The Labute approximate surface area is 194 Å². The van der Waals surface area contributed by atoms with Crippen LogP contribution in [-0.4, -0.2) is 34.7 Å². The van der Waals surface area contributed by atoms with Crippen LogP contribution in [0, 0.1) is 19.8 Å². The normalized spacial score (nSPS) is 14.2. The maximum Gasteiger partial charge on any atom is 0.223 e. The molecule has 172 valence electrons. The number of aromatic nitrogens is 2. The maximum atomic E-state index is 12.8. The third kappa shape index (κ3) is 5.25. The van der Waals surface area contributed by atoms with Crippen molar-refractivity contribution in [2.24, 2.45) is 5.92 Å². The summed E-state index contributed by atoms with van der Waals surface area (Å²) >= 11 is 0. The molecule has 0 spiro atoms. The predicted octanol–water partition coefficient (Wildman–Crippen LogP) is 3.98. The Morgan fingerprint density at radius 1 is 1.03 bits per heavy atom. The fourth-order valence-corrected chi connectivity index (χ4v) is 4.39. The number of aryl methyl sites for hydroxylation is 2. The van der Waals surface area contributed by atoms with E-state index in [1.165, 1.54) is 12.5 Å². The number of carbonyl (C=O) groups excluding carboxylic acids is 2. The fourth-order valence-electron chi connectivity index (χ4n) is 4.39. The standard InChI is InChI=1S/C26H31N5O2/c1-18-8-7-9-21(16-18)17-27-25(33)22-12-14-30(15-13-22)26-24(28-20(3)32)19(2)29-31(26)23-10-5-4-6-11-23/h4-11,16,22H,12-15,17H2,1-3H3,(H,27,33)(H,28,32). The Hall–Kier alpha value is -3.61. The quantitative estimate of drug-likeness (QED) is 0.602. The Kier molecular flexibility index (Phi) is 6.77. The molecule has 7 nitrogen and oxygen atoms in total. The number of para-hydroxylation sites is 1. The highest BCUT2D eigenvalue weighted by Gasteiger charge is 2.29. The van der Waals surface area contributed by atoms with Crippen molar-refractivity contribution in [3.05, 3.63) is 71.4 Å². The van der Waals surface area contributed by atoms with Crippen LogP contribution >= 0.6 is 0 Å². The van der Waals surface area contributed by atoms with Gasteiger partial charge in [-0.2, -0.15) is 5.10 Å². The summed E-state index contributed by atoms with van der Waals surface area (Å²) in [6, 6.07) is 18.1. The Morgan fingerprint density at radius 3 is 2.42 bits per heavy atom. The van der Waals surface area contributed by atoms with Crippen LogP contribution in [0.2, 0.25) is 0 Å². The van der Waals surface area contributed by atoms with Crippen LogP contribution in [0.1, 0.15) is 36.6 Å². The van der Waals surface area contributed by atoms with Crippen LogP contribution in [0.15, 0.2) is 54.6 Å². The van der Waals surface area contributed by atoms with Crippen molar-refractivity contribution in [2.45, 2.75) is 40.2 Å². The average molecular weight is 446 g/mol. The molecule has 33 heavy (non-hydrogen) atoms. The molecule has 2 heterocycles. The number of amides is 2. The highest BCUT2D eigenvalue weighted by atomic mass is 16.2. The molecule has 3 aromatic rings. The largest absolute Gasteiger partial charge is 0.355 e. The summed E-state index contributed by atoms with van der Waals surface area (Å²) < 4.78 is 1.89. The molecule has 1 aromatic heterocycles. The first-order valence-electron chi connectivity index (χ1n) is 11.4. The van der Waals surface area contributed by atoms with Crippen LogP contribution in [-0.2, 0) is 16.1 Å². The molecule has 1 fully saturated rings. The molecule has 0 aliphatic carbocycles. The molecule has 2 aromatic carbocycles. The molecule has 0 atom stereocenters. The van der Waals surface area contributed by atoms with Gasteiger partial charge in [-0.05, 0) is 44.4 Å². The Balaban J connectivity index is 1.47. The number of nitrogens with zero attached hydrogens (tertiary/aromatic N) is 3. The van der Waals surface area contributed by atoms with Crippen molar-refractivity contribution in [2.75, 3.05) is 23.3 Å². The number of benzene rings is 2. The van der Waals surface area contributed by atoms with E-state index >= 15 is 0 Å². The number of hydrogen-bond acceptors (Lipinski definition) is 4. The van der Waals surface area contributed by atoms with E-state index in [1.807, 2.05) is 54.1 Å². The van der Waals surface area contributed by atoms with E-state index < -0.39 is 0 Å². The van der Waals surface area contributed by atoms with Gasteiger partial charge in [0.05, 0.1) is 11.4 Å². The minimum Gasteiger partial charge on any atom is -0.355 e. The molecular weight excluding hydrogens is 414 g/mol. The van der Waals surface area contributed by atoms with Crippen LogP contribution in [0.3, 0.4) is 0 Å². The number of carbonyl (C=O) groups is 2. The summed E-state index contributed by atoms with van der Waals surface area (Å²) in [5, 5.41) is 10.8. The first-order chi connectivity index (χ1) is 15.9. The summed E-state index contributed by atoms with van der Waals surface area (Å²) in [6.07, 6.45) is 1.50. The van der Waals surface area contributed by atoms with Crippen LogP contribution in [0.4, 0.5) is 11.5 Å². The van der Waals surface area contributed by atoms with Crippen molar-refractivity contribution in [3.8, 4) is 5.69 Å². The second-order valence-electron chi connectivity index (χ2n) is 8.68. The molecule has 1 saturated heterocycles. The van der Waals surface area contributed by atoms with E-state index in [9.17, 15) is 9.59 Å². The molecule has 0 unspecified atom stereocenters. The maximum absolute atomic E-state index is 12.8. The lowest BCUT2D eigenvalue weighted by Gasteiger charge is -2.33. The zero-order valence-electron chi connectivity index (χ0n) is 19.5. The zero-order chi connectivity index (χ0) is 23.4. The lowest BCUT2D eigenvalue weighted by Crippen LogP contribution is -2.41. The van der Waals surface area contributed by atoms with E-state index in [0.29, 0.717) is 19.6 Å². The van der Waals surface area contributed by atoms with E-state index in [-0.39, 0.29) is 17.7 Å². The fraction of sp³-hybridized carbons (Fsp3) is 0.346. The van der Waals surface area contributed by atoms with Gasteiger partial charge in [-0.15, -0.1) is 0 Å². The van der Waals surface area contributed by atoms with Crippen molar-refractivity contribution in [1.29, 1.82) is 0 Å². The minimum absolute atomic E-state index is 0.0236. The van der Waals surface area contributed by atoms with Crippen LogP contribution in [0.25, 0.3) is 5.69 Å². The average Bonchev–Trinajstić information content (AvgIpc) is 3.13. The molecule has 0 saturated carbocycles. The molecule has 0 bridgehead atoms.